The minimum atomic E-state index is -0.320. The number of carbonyl (C=O) groups is 1. The Morgan fingerprint density at radius 3 is 2.58 bits per heavy atom. The van der Waals surface area contributed by atoms with Crippen molar-refractivity contribution in [2.45, 2.75) is 70.1 Å². The molecule has 4 heterocycles. The highest BCUT2D eigenvalue weighted by molar-refractivity contribution is 6.32. The van der Waals surface area contributed by atoms with Crippen molar-refractivity contribution >= 4 is 29.1 Å². The van der Waals surface area contributed by atoms with Crippen molar-refractivity contribution in [3.05, 3.63) is 94.5 Å². The maximum atomic E-state index is 13.7. The number of nitrogens with zero attached hydrogens (tertiary/aromatic N) is 7. The first-order chi connectivity index (χ1) is 24.9. The lowest BCUT2D eigenvalue weighted by Gasteiger charge is -2.32. The standard InChI is InChI=1S/C39H48ClN9O3/c1-39(2,3)34-23-36(49(45-34)25-13-15-29(40)33(22-25)51-21-20-46(4)5)42-38(50)41-30-16-17-32(28-11-8-7-10-27(28)30)52-26-14-18-35-43-44-37(48(35)24-26)31-12-9-19-47(31)6/h7-8,10-11,13-15,18,22-24,30-32H,9,12,16-17,19-21H2,1-6H3,(H2,41,42,50)/t30-,31?,32+/m0/s1. The van der Waals surface area contributed by atoms with Gasteiger partial charge in [-0.3, -0.25) is 14.6 Å². The van der Waals surface area contributed by atoms with E-state index in [2.05, 4.69) is 70.1 Å². The van der Waals surface area contributed by atoms with Crippen LogP contribution in [0.4, 0.5) is 10.6 Å². The monoisotopic (exact) mass is 725 g/mol. The zero-order chi connectivity index (χ0) is 36.6. The molecule has 3 aromatic heterocycles. The number of pyridine rings is 1. The minimum absolute atomic E-state index is 0.168. The van der Waals surface area contributed by atoms with Crippen LogP contribution in [-0.2, 0) is 5.41 Å². The van der Waals surface area contributed by atoms with Crippen molar-refractivity contribution in [3.8, 4) is 17.2 Å². The Kier molecular flexibility index (Phi) is 10.1. The lowest BCUT2D eigenvalue weighted by molar-refractivity contribution is 0.171. The first-order valence-corrected chi connectivity index (χ1v) is 18.4. The van der Waals surface area contributed by atoms with Crippen molar-refractivity contribution in [2.24, 2.45) is 0 Å². The van der Waals surface area contributed by atoms with Gasteiger partial charge in [0.1, 0.15) is 30.0 Å². The molecule has 2 amide bonds. The van der Waals surface area contributed by atoms with Crippen LogP contribution in [0.15, 0.2) is 66.9 Å². The highest BCUT2D eigenvalue weighted by atomic mass is 35.5. The van der Waals surface area contributed by atoms with E-state index in [-0.39, 0.29) is 29.6 Å². The summed E-state index contributed by atoms with van der Waals surface area (Å²) in [6.45, 7) is 8.57. The number of rotatable bonds is 10. The summed E-state index contributed by atoms with van der Waals surface area (Å²) in [6, 6.07) is 19.3. The molecule has 0 saturated carbocycles. The van der Waals surface area contributed by atoms with E-state index in [4.69, 9.17) is 26.2 Å². The molecule has 12 nitrogen and oxygen atoms in total. The smallest absolute Gasteiger partial charge is 0.320 e. The van der Waals surface area contributed by atoms with E-state index >= 15 is 0 Å². The molecule has 1 aliphatic heterocycles. The minimum Gasteiger partial charge on any atom is -0.491 e. The van der Waals surface area contributed by atoms with Crippen molar-refractivity contribution < 1.29 is 14.3 Å². The van der Waals surface area contributed by atoms with Gasteiger partial charge >= 0.3 is 6.03 Å². The number of benzene rings is 2. The van der Waals surface area contributed by atoms with Crippen LogP contribution < -0.4 is 20.1 Å². The molecule has 0 radical (unpaired) electrons. The molecule has 1 saturated heterocycles. The second-order valence-electron chi connectivity index (χ2n) is 15.1. The van der Waals surface area contributed by atoms with E-state index in [1.807, 2.05) is 67.7 Å². The fourth-order valence-corrected chi connectivity index (χ4v) is 7.20. The summed E-state index contributed by atoms with van der Waals surface area (Å²) >= 11 is 6.50. The van der Waals surface area contributed by atoms with E-state index < -0.39 is 0 Å². The Labute approximate surface area is 310 Å². The number of likely N-dealkylation sites (N-methyl/N-ethyl adjacent to an activating group) is 1. The third kappa shape index (κ3) is 7.60. The molecule has 0 bridgehead atoms. The molecule has 3 atom stereocenters. The number of likely N-dealkylation sites (tertiary alicyclic amines) is 1. The number of aromatic nitrogens is 5. The summed E-state index contributed by atoms with van der Waals surface area (Å²) < 4.78 is 16.4. The molecule has 7 rings (SSSR count). The predicted molar refractivity (Wildman–Crippen MR) is 203 cm³/mol. The predicted octanol–water partition coefficient (Wildman–Crippen LogP) is 7.35. The van der Waals surface area contributed by atoms with Gasteiger partial charge in [-0.1, -0.05) is 56.6 Å². The second-order valence-corrected chi connectivity index (χ2v) is 15.5. The molecule has 1 aliphatic carbocycles. The molecule has 1 unspecified atom stereocenters. The number of urea groups is 1. The fourth-order valence-electron chi connectivity index (χ4n) is 7.03. The van der Waals surface area contributed by atoms with E-state index in [9.17, 15) is 4.79 Å². The van der Waals surface area contributed by atoms with Crippen LogP contribution in [0.2, 0.25) is 5.02 Å². The van der Waals surface area contributed by atoms with Gasteiger partial charge in [0.05, 0.1) is 34.7 Å². The van der Waals surface area contributed by atoms with Gasteiger partial charge < -0.3 is 19.7 Å². The zero-order valence-corrected chi connectivity index (χ0v) is 31.5. The number of nitrogens with one attached hydrogen (secondary N) is 2. The number of ether oxygens (including phenoxy) is 2. The van der Waals surface area contributed by atoms with E-state index in [1.165, 1.54) is 0 Å². The van der Waals surface area contributed by atoms with Gasteiger partial charge in [-0.15, -0.1) is 10.2 Å². The Hall–Kier alpha value is -4.65. The number of anilines is 1. The van der Waals surface area contributed by atoms with Gasteiger partial charge in [-0.25, -0.2) is 9.48 Å². The summed E-state index contributed by atoms with van der Waals surface area (Å²) in [7, 11) is 6.12. The highest BCUT2D eigenvalue weighted by Gasteiger charge is 2.31. The third-order valence-electron chi connectivity index (χ3n) is 9.91. The van der Waals surface area contributed by atoms with Crippen LogP contribution in [0.5, 0.6) is 11.5 Å². The lowest BCUT2D eigenvalue weighted by Crippen LogP contribution is -2.36. The molecule has 5 aromatic rings. The van der Waals surface area contributed by atoms with Crippen LogP contribution >= 0.6 is 11.6 Å². The van der Waals surface area contributed by atoms with Gasteiger partial charge in [0, 0.05) is 24.1 Å². The largest absolute Gasteiger partial charge is 0.491 e. The normalized spacial score (nSPS) is 19.2. The molecule has 2 aliphatic rings. The summed E-state index contributed by atoms with van der Waals surface area (Å²) in [5.74, 6) is 2.81. The zero-order valence-electron chi connectivity index (χ0n) is 30.8. The Balaban J connectivity index is 1.08. The van der Waals surface area contributed by atoms with Crippen LogP contribution in [0, 0.1) is 0 Å². The number of hydrogen-bond acceptors (Lipinski definition) is 8. The van der Waals surface area contributed by atoms with Gasteiger partial charge in [-0.2, -0.15) is 5.10 Å². The molecule has 2 aromatic carbocycles. The van der Waals surface area contributed by atoms with Crippen molar-refractivity contribution in [3.63, 3.8) is 0 Å². The van der Waals surface area contributed by atoms with Gasteiger partial charge in [0.25, 0.3) is 0 Å². The molecule has 274 valence electrons. The molecule has 52 heavy (non-hydrogen) atoms. The number of carbonyl (C=O) groups excluding carboxylic acids is 1. The van der Waals surface area contributed by atoms with Crippen LogP contribution in [-0.4, -0.2) is 81.0 Å². The maximum Gasteiger partial charge on any atom is 0.320 e. The summed E-state index contributed by atoms with van der Waals surface area (Å²) in [5, 5.41) is 20.7. The average Bonchev–Trinajstić information content (AvgIpc) is 3.84. The first kappa shape index (κ1) is 35.7. The van der Waals surface area contributed by atoms with Crippen molar-refractivity contribution in [2.75, 3.05) is 46.2 Å². The Morgan fingerprint density at radius 1 is 1.02 bits per heavy atom. The number of hydrogen-bond donors (Lipinski definition) is 2. The highest BCUT2D eigenvalue weighted by Crippen LogP contribution is 2.39. The number of halogens is 1. The van der Waals surface area contributed by atoms with Gasteiger partial charge in [-0.05, 0) is 88.8 Å². The lowest BCUT2D eigenvalue weighted by atomic mass is 9.85. The Bertz CT molecular complexity index is 2050. The van der Waals surface area contributed by atoms with Crippen molar-refractivity contribution in [1.29, 1.82) is 0 Å². The van der Waals surface area contributed by atoms with Gasteiger partial charge in [0.15, 0.2) is 11.5 Å². The van der Waals surface area contributed by atoms with Crippen LogP contribution in [0.1, 0.15) is 87.3 Å². The second kappa shape index (κ2) is 14.8. The quantitative estimate of drug-likeness (QED) is 0.154. The number of fused-ring (bicyclic) bond motifs is 2. The SMILES string of the molecule is CN(C)CCOc1cc(-n2nc(C(C)(C)C)cc2NC(=O)N[C@H]2CC[C@@H](Oc3ccc4nnc(C5CCCN5C)n4c3)c3ccccc32)ccc1Cl. The van der Waals surface area contributed by atoms with Crippen molar-refractivity contribution in [1.82, 2.24) is 39.5 Å². The third-order valence-corrected chi connectivity index (χ3v) is 10.2. The van der Waals surface area contributed by atoms with Crippen LogP contribution in [0.3, 0.4) is 0 Å². The number of amides is 2. The summed E-state index contributed by atoms with van der Waals surface area (Å²) in [6.07, 6.45) is 5.49. The summed E-state index contributed by atoms with van der Waals surface area (Å²) in [4.78, 5) is 18.1. The maximum absolute atomic E-state index is 13.7. The molecular weight excluding hydrogens is 678 g/mol. The molecule has 2 N–H and O–H groups in total. The summed E-state index contributed by atoms with van der Waals surface area (Å²) in [5.41, 5.74) is 4.21. The van der Waals surface area contributed by atoms with Crippen LogP contribution in [0.25, 0.3) is 11.3 Å². The molecule has 13 heteroatoms. The molecule has 1 fully saturated rings. The first-order valence-electron chi connectivity index (χ1n) is 18.0. The average molecular weight is 726 g/mol. The Morgan fingerprint density at radius 2 is 1.83 bits per heavy atom. The van der Waals surface area contributed by atoms with E-state index in [0.29, 0.717) is 29.6 Å². The molecule has 0 spiro atoms. The topological polar surface area (TPSA) is 114 Å². The van der Waals surface area contributed by atoms with E-state index in [1.54, 1.807) is 10.7 Å². The van der Waals surface area contributed by atoms with E-state index in [0.717, 1.165) is 72.1 Å². The van der Waals surface area contributed by atoms with Gasteiger partial charge in [0.2, 0.25) is 0 Å². The molecular formula is C39H48ClN9O3. The fraction of sp³-hybridized carbons (Fsp3) is 0.436.